The highest BCUT2D eigenvalue weighted by Crippen LogP contribution is 2.09. The summed E-state index contributed by atoms with van der Waals surface area (Å²) in [5.41, 5.74) is 0. The average molecular weight is 210 g/mol. The third-order valence-electron chi connectivity index (χ3n) is 1.76. The summed E-state index contributed by atoms with van der Waals surface area (Å²) in [6.07, 6.45) is -4.70. The minimum absolute atomic E-state index is 0.0888. The van der Waals surface area contributed by atoms with Crippen molar-refractivity contribution in [2.45, 2.75) is 31.5 Å². The summed E-state index contributed by atoms with van der Waals surface area (Å²) in [5.74, 6) is 0. The number of hydrogen-bond acceptors (Lipinski definition) is 6. The molecule has 6 nitrogen and oxygen atoms in total. The number of rotatable bonds is 7. The van der Waals surface area contributed by atoms with E-state index in [9.17, 15) is 10.2 Å². The molecule has 0 fully saturated rings. The van der Waals surface area contributed by atoms with E-state index in [1.54, 1.807) is 0 Å². The zero-order chi connectivity index (χ0) is 11.1. The van der Waals surface area contributed by atoms with Gasteiger partial charge in [-0.1, -0.05) is 0 Å². The van der Waals surface area contributed by atoms with E-state index in [2.05, 4.69) is 4.74 Å². The maximum Gasteiger partial charge on any atom is 0.183 e. The predicted molar refractivity (Wildman–Crippen MR) is 47.5 cm³/mol. The lowest BCUT2D eigenvalue weighted by atomic mass is 10.1. The molecular formula is C8H18O6. The van der Waals surface area contributed by atoms with E-state index in [0.717, 1.165) is 0 Å². The summed E-state index contributed by atoms with van der Waals surface area (Å²) in [6, 6.07) is 0. The van der Waals surface area contributed by atoms with Gasteiger partial charge in [0.15, 0.2) is 6.29 Å². The molecule has 0 aromatic carbocycles. The van der Waals surface area contributed by atoms with Gasteiger partial charge in [-0.3, -0.25) is 0 Å². The normalized spacial score (nSPS) is 20.1. The summed E-state index contributed by atoms with van der Waals surface area (Å²) in [4.78, 5) is 0. The lowest BCUT2D eigenvalue weighted by molar-refractivity contribution is -0.208. The zero-order valence-electron chi connectivity index (χ0n) is 8.33. The van der Waals surface area contributed by atoms with Crippen LogP contribution in [0.3, 0.4) is 0 Å². The summed E-state index contributed by atoms with van der Waals surface area (Å²) >= 11 is 0. The van der Waals surface area contributed by atoms with Gasteiger partial charge in [0.25, 0.3) is 0 Å². The molecule has 0 rings (SSSR count). The summed E-state index contributed by atoms with van der Waals surface area (Å²) < 4.78 is 9.42. The van der Waals surface area contributed by atoms with Crippen molar-refractivity contribution in [1.29, 1.82) is 0 Å². The van der Waals surface area contributed by atoms with E-state index in [0.29, 0.717) is 0 Å². The molecule has 14 heavy (non-hydrogen) atoms. The maximum absolute atomic E-state index is 9.43. The van der Waals surface area contributed by atoms with Gasteiger partial charge >= 0.3 is 0 Å². The second-order valence-corrected chi connectivity index (χ2v) is 2.92. The fourth-order valence-electron chi connectivity index (χ4n) is 1.06. The Bertz CT molecular complexity index is 140. The van der Waals surface area contributed by atoms with Crippen LogP contribution in [0.4, 0.5) is 0 Å². The molecule has 4 unspecified atom stereocenters. The number of ether oxygens (including phenoxy) is 2. The van der Waals surface area contributed by atoms with Crippen LogP contribution in [0.2, 0.25) is 0 Å². The van der Waals surface area contributed by atoms with E-state index >= 15 is 0 Å². The largest absolute Gasteiger partial charge is 0.394 e. The van der Waals surface area contributed by atoms with Crippen molar-refractivity contribution in [3.8, 4) is 0 Å². The van der Waals surface area contributed by atoms with Crippen LogP contribution in [-0.4, -0.2) is 65.4 Å². The zero-order valence-corrected chi connectivity index (χ0v) is 8.33. The second-order valence-electron chi connectivity index (χ2n) is 2.92. The van der Waals surface area contributed by atoms with Crippen molar-refractivity contribution in [2.75, 3.05) is 20.3 Å². The Balaban J connectivity index is 4.05. The Hall–Kier alpha value is -0.240. The molecular weight excluding hydrogens is 192 g/mol. The van der Waals surface area contributed by atoms with Crippen molar-refractivity contribution in [3.05, 3.63) is 0 Å². The van der Waals surface area contributed by atoms with Crippen LogP contribution in [-0.2, 0) is 9.47 Å². The average Bonchev–Trinajstić information content (AvgIpc) is 2.14. The summed E-state index contributed by atoms with van der Waals surface area (Å²) in [7, 11) is 1.30. The van der Waals surface area contributed by atoms with Gasteiger partial charge in [0.05, 0.1) is 19.3 Å². The Labute approximate surface area is 82.7 Å². The number of hydrogen-bond donors (Lipinski definition) is 4. The molecule has 0 amide bonds. The summed E-state index contributed by atoms with van der Waals surface area (Å²) in [6.45, 7) is 1.08. The van der Waals surface area contributed by atoms with Gasteiger partial charge in [-0.25, -0.2) is 0 Å². The Morgan fingerprint density at radius 2 is 1.79 bits per heavy atom. The van der Waals surface area contributed by atoms with Gasteiger partial charge in [0.2, 0.25) is 0 Å². The van der Waals surface area contributed by atoms with Crippen LogP contribution in [0.1, 0.15) is 6.92 Å². The van der Waals surface area contributed by atoms with Crippen molar-refractivity contribution in [1.82, 2.24) is 0 Å². The standard InChI is InChI=1S/C8H18O6/c1-5(10)7(13-2)6(11)8(12)14-4-3-9/h5-12H,3-4H2,1-2H3. The quantitative estimate of drug-likeness (QED) is 0.365. The van der Waals surface area contributed by atoms with Crippen molar-refractivity contribution >= 4 is 0 Å². The highest BCUT2D eigenvalue weighted by molar-refractivity contribution is 4.75. The van der Waals surface area contributed by atoms with Crippen LogP contribution in [0, 0.1) is 0 Å². The van der Waals surface area contributed by atoms with E-state index < -0.39 is 24.6 Å². The molecule has 4 atom stereocenters. The van der Waals surface area contributed by atoms with E-state index in [4.69, 9.17) is 14.9 Å². The molecule has 0 aromatic rings. The number of methoxy groups -OCH3 is 1. The van der Waals surface area contributed by atoms with Gasteiger partial charge in [-0.15, -0.1) is 0 Å². The van der Waals surface area contributed by atoms with Crippen LogP contribution >= 0.6 is 0 Å². The fourth-order valence-corrected chi connectivity index (χ4v) is 1.06. The highest BCUT2D eigenvalue weighted by Gasteiger charge is 2.30. The third kappa shape index (κ3) is 4.32. The van der Waals surface area contributed by atoms with Crippen molar-refractivity contribution < 1.29 is 29.9 Å². The molecule has 0 aliphatic heterocycles. The molecule has 0 radical (unpaired) electrons. The van der Waals surface area contributed by atoms with E-state index in [1.807, 2.05) is 0 Å². The number of aliphatic hydroxyl groups excluding tert-OH is 4. The molecule has 0 saturated carbocycles. The first kappa shape index (κ1) is 13.8. The molecule has 4 N–H and O–H groups in total. The summed E-state index contributed by atoms with van der Waals surface area (Å²) in [5, 5.41) is 36.2. The lowest BCUT2D eigenvalue weighted by Crippen LogP contribution is -2.45. The Morgan fingerprint density at radius 1 is 1.21 bits per heavy atom. The molecule has 86 valence electrons. The number of aliphatic hydroxyl groups is 4. The first-order valence-corrected chi connectivity index (χ1v) is 4.34. The minimum atomic E-state index is -1.48. The van der Waals surface area contributed by atoms with Crippen LogP contribution in [0.5, 0.6) is 0 Å². The Morgan fingerprint density at radius 3 is 2.14 bits per heavy atom. The topological polar surface area (TPSA) is 99.4 Å². The van der Waals surface area contributed by atoms with Gasteiger partial charge in [-0.2, -0.15) is 0 Å². The molecule has 0 aliphatic rings. The molecule has 0 heterocycles. The van der Waals surface area contributed by atoms with Gasteiger partial charge < -0.3 is 29.9 Å². The highest BCUT2D eigenvalue weighted by atomic mass is 16.6. The second kappa shape index (κ2) is 7.10. The molecule has 0 saturated heterocycles. The first-order chi connectivity index (χ1) is 6.54. The monoisotopic (exact) mass is 210 g/mol. The smallest absolute Gasteiger partial charge is 0.183 e. The van der Waals surface area contributed by atoms with Crippen molar-refractivity contribution in [2.24, 2.45) is 0 Å². The first-order valence-electron chi connectivity index (χ1n) is 4.34. The van der Waals surface area contributed by atoms with Gasteiger partial charge in [0, 0.05) is 7.11 Å². The van der Waals surface area contributed by atoms with Crippen LogP contribution in [0.15, 0.2) is 0 Å². The molecule has 6 heteroatoms. The van der Waals surface area contributed by atoms with Gasteiger partial charge in [-0.05, 0) is 6.92 Å². The third-order valence-corrected chi connectivity index (χ3v) is 1.76. The van der Waals surface area contributed by atoms with E-state index in [-0.39, 0.29) is 13.2 Å². The lowest BCUT2D eigenvalue weighted by Gasteiger charge is -2.27. The molecule has 0 bridgehead atoms. The van der Waals surface area contributed by atoms with Crippen molar-refractivity contribution in [3.63, 3.8) is 0 Å². The van der Waals surface area contributed by atoms with Gasteiger partial charge in [0.1, 0.15) is 12.2 Å². The SMILES string of the molecule is COC(C(C)O)C(O)C(O)OCCO. The predicted octanol–water partition coefficient (Wildman–Crippen LogP) is -1.93. The van der Waals surface area contributed by atoms with E-state index in [1.165, 1.54) is 14.0 Å². The molecule has 0 aromatic heterocycles. The Kier molecular flexibility index (Phi) is 6.98. The fraction of sp³-hybridized carbons (Fsp3) is 1.00. The minimum Gasteiger partial charge on any atom is -0.394 e. The maximum atomic E-state index is 9.43. The molecule has 0 aliphatic carbocycles. The van der Waals surface area contributed by atoms with Crippen LogP contribution in [0.25, 0.3) is 0 Å². The molecule has 0 spiro atoms. The van der Waals surface area contributed by atoms with Crippen LogP contribution < -0.4 is 0 Å².